The molecule has 1 aliphatic heterocycles. The van der Waals surface area contributed by atoms with Crippen molar-refractivity contribution in [2.45, 2.75) is 19.5 Å². The van der Waals surface area contributed by atoms with Gasteiger partial charge in [-0.25, -0.2) is 4.39 Å². The van der Waals surface area contributed by atoms with E-state index in [0.717, 1.165) is 11.0 Å². The van der Waals surface area contributed by atoms with Crippen LogP contribution in [0.4, 0.5) is 4.39 Å². The third-order valence-corrected chi connectivity index (χ3v) is 3.01. The number of halogens is 1. The first-order valence-electron chi connectivity index (χ1n) is 5.79. The SMILES string of the molecule is CC1NCC(=O)N(Cc2ccc(C#N)cc2F)C1=O. The Morgan fingerprint density at radius 3 is 2.89 bits per heavy atom. The average Bonchev–Trinajstić information content (AvgIpc) is 2.40. The third kappa shape index (κ3) is 2.61. The quantitative estimate of drug-likeness (QED) is 0.789. The van der Waals surface area contributed by atoms with Gasteiger partial charge in [-0.15, -0.1) is 0 Å². The minimum atomic E-state index is -0.592. The molecule has 98 valence electrons. The van der Waals surface area contributed by atoms with Crippen LogP contribution in [0, 0.1) is 17.1 Å². The lowest BCUT2D eigenvalue weighted by Gasteiger charge is -2.29. The first-order chi connectivity index (χ1) is 9.02. The molecule has 1 unspecified atom stereocenters. The number of carbonyl (C=O) groups is 2. The van der Waals surface area contributed by atoms with Gasteiger partial charge in [0.15, 0.2) is 0 Å². The van der Waals surface area contributed by atoms with Crippen LogP contribution in [0.3, 0.4) is 0 Å². The Hall–Kier alpha value is -2.26. The van der Waals surface area contributed by atoms with Gasteiger partial charge in [0, 0.05) is 5.56 Å². The maximum absolute atomic E-state index is 13.7. The molecule has 0 radical (unpaired) electrons. The predicted molar refractivity (Wildman–Crippen MR) is 64.1 cm³/mol. The van der Waals surface area contributed by atoms with Gasteiger partial charge in [-0.2, -0.15) is 5.26 Å². The largest absolute Gasteiger partial charge is 0.298 e. The lowest BCUT2D eigenvalue weighted by Crippen LogP contribution is -2.56. The van der Waals surface area contributed by atoms with Crippen LogP contribution in [0.5, 0.6) is 0 Å². The van der Waals surface area contributed by atoms with Gasteiger partial charge >= 0.3 is 0 Å². The smallest absolute Gasteiger partial charge is 0.246 e. The Kier molecular flexibility index (Phi) is 3.58. The molecule has 1 aromatic rings. The van der Waals surface area contributed by atoms with Gasteiger partial charge in [-0.3, -0.25) is 19.8 Å². The molecule has 5 nitrogen and oxygen atoms in total. The first kappa shape index (κ1) is 13.2. The molecular weight excluding hydrogens is 249 g/mol. The summed E-state index contributed by atoms with van der Waals surface area (Å²) in [7, 11) is 0. The zero-order valence-electron chi connectivity index (χ0n) is 10.3. The summed E-state index contributed by atoms with van der Waals surface area (Å²) in [5.41, 5.74) is 0.419. The fraction of sp³-hybridized carbons (Fsp3) is 0.308. The van der Waals surface area contributed by atoms with Crippen LogP contribution in [-0.4, -0.2) is 29.3 Å². The molecule has 1 aliphatic rings. The second kappa shape index (κ2) is 5.16. The zero-order valence-corrected chi connectivity index (χ0v) is 10.3. The van der Waals surface area contributed by atoms with Crippen LogP contribution >= 0.6 is 0 Å². The van der Waals surface area contributed by atoms with Crippen molar-refractivity contribution >= 4 is 11.8 Å². The number of nitrogens with zero attached hydrogens (tertiary/aromatic N) is 2. The molecule has 1 saturated heterocycles. The second-order valence-corrected chi connectivity index (χ2v) is 4.34. The Morgan fingerprint density at radius 2 is 2.26 bits per heavy atom. The number of nitrogens with one attached hydrogen (secondary N) is 1. The second-order valence-electron chi connectivity index (χ2n) is 4.34. The molecule has 1 N–H and O–H groups in total. The Bertz CT molecular complexity index is 580. The fourth-order valence-corrected chi connectivity index (χ4v) is 1.86. The molecule has 0 saturated carbocycles. The van der Waals surface area contributed by atoms with Gasteiger partial charge in [-0.05, 0) is 19.1 Å². The van der Waals surface area contributed by atoms with E-state index >= 15 is 0 Å². The molecule has 1 fully saturated rings. The highest BCUT2D eigenvalue weighted by molar-refractivity contribution is 6.00. The summed E-state index contributed by atoms with van der Waals surface area (Å²) in [6.45, 7) is 1.60. The minimum absolute atomic E-state index is 0.0603. The molecule has 1 aromatic carbocycles. The number of amides is 2. The molecule has 2 rings (SSSR count). The van der Waals surface area contributed by atoms with Gasteiger partial charge in [-0.1, -0.05) is 6.07 Å². The number of hydrogen-bond acceptors (Lipinski definition) is 4. The summed E-state index contributed by atoms with van der Waals surface area (Å²) in [5.74, 6) is -1.35. The highest BCUT2D eigenvalue weighted by atomic mass is 19.1. The van der Waals surface area contributed by atoms with E-state index in [4.69, 9.17) is 5.26 Å². The molecule has 0 aromatic heterocycles. The number of rotatable bonds is 2. The van der Waals surface area contributed by atoms with Gasteiger partial charge in [0.25, 0.3) is 0 Å². The van der Waals surface area contributed by atoms with E-state index in [0.29, 0.717) is 0 Å². The van der Waals surface area contributed by atoms with Crippen LogP contribution in [0.1, 0.15) is 18.1 Å². The number of hydrogen-bond donors (Lipinski definition) is 1. The number of nitriles is 1. The lowest BCUT2D eigenvalue weighted by atomic mass is 10.1. The number of carbonyl (C=O) groups excluding carboxylic acids is 2. The first-order valence-corrected chi connectivity index (χ1v) is 5.79. The maximum atomic E-state index is 13.7. The summed E-state index contributed by atoms with van der Waals surface area (Å²) in [5, 5.41) is 11.4. The Morgan fingerprint density at radius 1 is 1.53 bits per heavy atom. The van der Waals surface area contributed by atoms with E-state index in [1.807, 2.05) is 6.07 Å². The monoisotopic (exact) mass is 261 g/mol. The highest BCUT2D eigenvalue weighted by Gasteiger charge is 2.31. The molecule has 1 heterocycles. The fourth-order valence-electron chi connectivity index (χ4n) is 1.86. The van der Waals surface area contributed by atoms with E-state index in [1.165, 1.54) is 12.1 Å². The van der Waals surface area contributed by atoms with Gasteiger partial charge in [0.05, 0.1) is 30.8 Å². The number of benzene rings is 1. The number of imide groups is 1. The van der Waals surface area contributed by atoms with Crippen molar-refractivity contribution in [3.63, 3.8) is 0 Å². The molecular formula is C13H12FN3O2. The normalized spacial score (nSPS) is 19.4. The Balaban J connectivity index is 2.23. The molecule has 19 heavy (non-hydrogen) atoms. The molecule has 2 amide bonds. The van der Waals surface area contributed by atoms with Crippen molar-refractivity contribution in [3.8, 4) is 6.07 Å². The highest BCUT2D eigenvalue weighted by Crippen LogP contribution is 2.14. The van der Waals surface area contributed by atoms with Gasteiger partial charge < -0.3 is 0 Å². The molecule has 0 aliphatic carbocycles. The van der Waals surface area contributed by atoms with Crippen LogP contribution in [-0.2, 0) is 16.1 Å². The van der Waals surface area contributed by atoms with E-state index < -0.39 is 11.9 Å². The van der Waals surface area contributed by atoms with Crippen LogP contribution in [0.25, 0.3) is 0 Å². The van der Waals surface area contributed by atoms with Crippen LogP contribution in [0.2, 0.25) is 0 Å². The minimum Gasteiger partial charge on any atom is -0.298 e. The van der Waals surface area contributed by atoms with Gasteiger partial charge in [0.2, 0.25) is 11.8 Å². The molecule has 0 spiro atoms. The van der Waals surface area contributed by atoms with E-state index in [9.17, 15) is 14.0 Å². The van der Waals surface area contributed by atoms with Crippen molar-refractivity contribution in [1.29, 1.82) is 5.26 Å². The summed E-state index contributed by atoms with van der Waals surface area (Å²) in [4.78, 5) is 24.5. The number of piperazine rings is 1. The van der Waals surface area contributed by atoms with E-state index in [1.54, 1.807) is 6.92 Å². The van der Waals surface area contributed by atoms with Crippen molar-refractivity contribution in [1.82, 2.24) is 10.2 Å². The van der Waals surface area contributed by atoms with E-state index in [2.05, 4.69) is 5.32 Å². The summed E-state index contributed by atoms with van der Waals surface area (Å²) in [6, 6.07) is 5.33. The average molecular weight is 261 g/mol. The molecule has 1 atom stereocenters. The van der Waals surface area contributed by atoms with E-state index in [-0.39, 0.29) is 36.0 Å². The Labute approximate surface area is 109 Å². The van der Waals surface area contributed by atoms with Gasteiger partial charge in [0.1, 0.15) is 5.82 Å². The predicted octanol–water partition coefficient (Wildman–Crippen LogP) is 0.544. The topological polar surface area (TPSA) is 73.2 Å². The summed E-state index contributed by atoms with van der Waals surface area (Å²) >= 11 is 0. The van der Waals surface area contributed by atoms with Crippen molar-refractivity contribution in [2.24, 2.45) is 0 Å². The molecule has 6 heteroatoms. The summed E-state index contributed by atoms with van der Waals surface area (Å²) in [6.07, 6.45) is 0. The lowest BCUT2D eigenvalue weighted by molar-refractivity contribution is -0.149. The van der Waals surface area contributed by atoms with Crippen molar-refractivity contribution < 1.29 is 14.0 Å². The maximum Gasteiger partial charge on any atom is 0.246 e. The summed E-state index contributed by atoms with van der Waals surface area (Å²) < 4.78 is 13.7. The standard InChI is InChI=1S/C13H12FN3O2/c1-8-13(19)17(12(18)6-16-8)7-10-3-2-9(5-15)4-11(10)14/h2-4,8,16H,6-7H2,1H3. The molecule has 0 bridgehead atoms. The van der Waals surface area contributed by atoms with Crippen LogP contribution in [0.15, 0.2) is 18.2 Å². The van der Waals surface area contributed by atoms with Crippen LogP contribution < -0.4 is 5.32 Å². The van der Waals surface area contributed by atoms with Crippen molar-refractivity contribution in [3.05, 3.63) is 35.1 Å². The zero-order chi connectivity index (χ0) is 14.0. The van der Waals surface area contributed by atoms with Crippen molar-refractivity contribution in [2.75, 3.05) is 6.54 Å². The third-order valence-electron chi connectivity index (χ3n) is 3.01.